The molecule has 1 fully saturated rings. The van der Waals surface area contributed by atoms with Crippen LogP contribution in [0.2, 0.25) is 15.1 Å². The number of nitrogens with one attached hydrogen (secondary N) is 1. The number of ketones is 2. The Morgan fingerprint density at radius 2 is 1.31 bits per heavy atom. The van der Waals surface area contributed by atoms with E-state index in [9.17, 15) is 19.8 Å². The molecule has 1 saturated carbocycles. The molecule has 4 aromatic heterocycles. The molecule has 3 N–H and O–H groups in total. The third kappa shape index (κ3) is 9.30. The third-order valence-electron chi connectivity index (χ3n) is 8.54. The van der Waals surface area contributed by atoms with Gasteiger partial charge in [0.1, 0.15) is 11.4 Å². The van der Waals surface area contributed by atoms with E-state index in [1.807, 2.05) is 48.5 Å². The number of hydrogen-bond acceptors (Lipinski definition) is 9. The SMILES string of the molecule is O=C(c1ccn(Cc2cccc(Cl)c2)n1)c1cnccc1Cl.O=C(c1ccn(Cc2cccc(Cl)c2)n1)c1cnccc1N[C@@H]1C[C@H](CO)[C@@H](O)C1. The number of halogens is 3. The summed E-state index contributed by atoms with van der Waals surface area (Å²) in [6.07, 6.45) is 10.3. The molecule has 52 heavy (non-hydrogen) atoms. The lowest BCUT2D eigenvalue weighted by atomic mass is 10.1. The molecule has 2 aromatic carbocycles. The molecule has 0 bridgehead atoms. The summed E-state index contributed by atoms with van der Waals surface area (Å²) in [6, 6.07) is 21.7. The molecule has 0 spiro atoms. The lowest BCUT2D eigenvalue weighted by molar-refractivity contribution is 0.0908. The number of carbonyl (C=O) groups excluding carboxylic acids is 2. The van der Waals surface area contributed by atoms with Crippen LogP contribution in [0, 0.1) is 5.92 Å². The molecule has 11 nitrogen and oxygen atoms in total. The normalized spacial score (nSPS) is 16.6. The zero-order valence-corrected chi connectivity index (χ0v) is 30.0. The van der Waals surface area contributed by atoms with Crippen molar-refractivity contribution in [3.8, 4) is 0 Å². The highest BCUT2D eigenvalue weighted by atomic mass is 35.5. The quantitative estimate of drug-likeness (QED) is 0.124. The van der Waals surface area contributed by atoms with E-state index in [4.69, 9.17) is 34.8 Å². The lowest BCUT2D eigenvalue weighted by Crippen LogP contribution is -2.19. The van der Waals surface area contributed by atoms with Gasteiger partial charge in [-0.2, -0.15) is 10.2 Å². The zero-order chi connectivity index (χ0) is 36.6. The van der Waals surface area contributed by atoms with Gasteiger partial charge in [0, 0.05) is 71.5 Å². The molecule has 0 radical (unpaired) electrons. The van der Waals surface area contributed by atoms with Crippen LogP contribution in [0.15, 0.2) is 110 Å². The molecule has 0 unspecified atom stereocenters. The van der Waals surface area contributed by atoms with Crippen LogP contribution in [0.1, 0.15) is 56.1 Å². The van der Waals surface area contributed by atoms with Gasteiger partial charge in [0.05, 0.1) is 35.3 Å². The summed E-state index contributed by atoms with van der Waals surface area (Å²) in [5, 5.41) is 33.1. The summed E-state index contributed by atoms with van der Waals surface area (Å²) in [6.45, 7) is 0.995. The molecule has 14 heteroatoms. The summed E-state index contributed by atoms with van der Waals surface area (Å²) in [4.78, 5) is 33.5. The predicted octanol–water partition coefficient (Wildman–Crippen LogP) is 6.62. The van der Waals surface area contributed by atoms with Crippen molar-refractivity contribution in [3.05, 3.63) is 159 Å². The maximum atomic E-state index is 13.1. The number of aromatic nitrogens is 6. The first kappa shape index (κ1) is 36.9. The summed E-state index contributed by atoms with van der Waals surface area (Å²) in [5.74, 6) is -0.624. The minimum absolute atomic E-state index is 0.0218. The van der Waals surface area contributed by atoms with Crippen LogP contribution < -0.4 is 5.32 Å². The highest BCUT2D eigenvalue weighted by Gasteiger charge is 2.33. The third-order valence-corrected chi connectivity index (χ3v) is 9.34. The Morgan fingerprint density at radius 1 is 0.750 bits per heavy atom. The first-order chi connectivity index (χ1) is 25.2. The van der Waals surface area contributed by atoms with E-state index in [0.717, 1.165) is 11.1 Å². The molecule has 0 aliphatic heterocycles. The van der Waals surface area contributed by atoms with Crippen LogP contribution in [0.3, 0.4) is 0 Å². The Hall–Kier alpha value is -4.91. The van der Waals surface area contributed by atoms with Gasteiger partial charge < -0.3 is 15.5 Å². The smallest absolute Gasteiger partial charge is 0.216 e. The Bertz CT molecular complexity index is 2170. The molecule has 1 aliphatic carbocycles. The lowest BCUT2D eigenvalue weighted by Gasteiger charge is -2.16. The summed E-state index contributed by atoms with van der Waals surface area (Å²) >= 11 is 18.0. The van der Waals surface area contributed by atoms with Crippen LogP contribution in [-0.4, -0.2) is 70.1 Å². The van der Waals surface area contributed by atoms with Crippen LogP contribution in [0.5, 0.6) is 0 Å². The number of pyridine rings is 2. The van der Waals surface area contributed by atoms with Gasteiger partial charge in [0.2, 0.25) is 11.6 Å². The van der Waals surface area contributed by atoms with Crippen molar-refractivity contribution in [2.45, 2.75) is 38.1 Å². The molecule has 0 saturated heterocycles. The predicted molar refractivity (Wildman–Crippen MR) is 199 cm³/mol. The Labute approximate surface area is 314 Å². The zero-order valence-electron chi connectivity index (χ0n) is 27.7. The molecular weight excluding hydrogens is 725 g/mol. The van der Waals surface area contributed by atoms with Crippen molar-refractivity contribution >= 4 is 52.1 Å². The van der Waals surface area contributed by atoms with E-state index in [1.54, 1.807) is 52.2 Å². The molecule has 266 valence electrons. The van der Waals surface area contributed by atoms with Crippen molar-refractivity contribution in [1.29, 1.82) is 0 Å². The Morgan fingerprint density at radius 3 is 1.85 bits per heavy atom. The molecule has 1 aliphatic rings. The van der Waals surface area contributed by atoms with Gasteiger partial charge in [-0.25, -0.2) is 0 Å². The van der Waals surface area contributed by atoms with Gasteiger partial charge in [-0.1, -0.05) is 59.1 Å². The molecular formula is C38H34Cl3N7O4. The minimum Gasteiger partial charge on any atom is -0.396 e. The fraction of sp³-hybridized carbons (Fsp3) is 0.211. The average Bonchev–Trinajstić information content (AvgIpc) is 3.89. The van der Waals surface area contributed by atoms with Crippen molar-refractivity contribution in [3.63, 3.8) is 0 Å². The van der Waals surface area contributed by atoms with Crippen LogP contribution in [-0.2, 0) is 13.1 Å². The highest BCUT2D eigenvalue weighted by molar-refractivity contribution is 6.34. The van der Waals surface area contributed by atoms with Gasteiger partial charge in [0.25, 0.3) is 0 Å². The fourth-order valence-electron chi connectivity index (χ4n) is 5.94. The van der Waals surface area contributed by atoms with E-state index >= 15 is 0 Å². The van der Waals surface area contributed by atoms with E-state index in [-0.39, 0.29) is 30.1 Å². The van der Waals surface area contributed by atoms with Crippen molar-refractivity contribution in [2.24, 2.45) is 5.92 Å². The minimum atomic E-state index is -0.546. The second kappa shape index (κ2) is 17.1. The maximum Gasteiger partial charge on any atom is 0.216 e. The maximum absolute atomic E-state index is 13.1. The molecule has 7 rings (SSSR count). The van der Waals surface area contributed by atoms with Gasteiger partial charge in [-0.15, -0.1) is 0 Å². The number of carbonyl (C=O) groups is 2. The Balaban J connectivity index is 0.000000187. The summed E-state index contributed by atoms with van der Waals surface area (Å²) in [5.41, 5.74) is 4.07. The van der Waals surface area contributed by atoms with E-state index in [1.165, 1.54) is 18.6 Å². The second-order valence-corrected chi connectivity index (χ2v) is 13.6. The number of hydrogen-bond donors (Lipinski definition) is 3. The number of anilines is 1. The standard InChI is InChI=1S/C22H23ClN4O3.C16H11Cl2N3O/c23-16-3-1-2-14(8-16)12-27-7-5-20(26-27)22(30)18-11-24-6-4-19(18)25-17-9-15(13-28)21(29)10-17;17-12-3-1-2-11(8-12)10-21-7-5-15(20-21)16(22)13-9-19-6-4-14(13)18/h1-8,11,15,17,21,28-29H,9-10,12-13H2,(H,24,25);1-9H,10H2/t15-,17-,21+;/m1./s1. The first-order valence-electron chi connectivity index (χ1n) is 16.4. The monoisotopic (exact) mass is 757 g/mol. The Kier molecular flexibility index (Phi) is 12.1. The number of aliphatic hydroxyl groups is 2. The largest absolute Gasteiger partial charge is 0.396 e. The molecule has 0 amide bonds. The molecule has 4 heterocycles. The van der Waals surface area contributed by atoms with Gasteiger partial charge in [0.15, 0.2) is 0 Å². The summed E-state index contributed by atoms with van der Waals surface area (Å²) in [7, 11) is 0. The number of aliphatic hydroxyl groups excluding tert-OH is 2. The van der Waals surface area contributed by atoms with E-state index < -0.39 is 6.10 Å². The van der Waals surface area contributed by atoms with Crippen molar-refractivity contribution < 1.29 is 19.8 Å². The fourth-order valence-corrected chi connectivity index (χ4v) is 6.56. The second-order valence-electron chi connectivity index (χ2n) is 12.3. The number of rotatable bonds is 11. The van der Waals surface area contributed by atoms with Gasteiger partial charge in [-0.05, 0) is 72.5 Å². The average molecular weight is 759 g/mol. The molecule has 3 atom stereocenters. The van der Waals surface area contributed by atoms with E-state index in [0.29, 0.717) is 69.2 Å². The van der Waals surface area contributed by atoms with Crippen molar-refractivity contribution in [2.75, 3.05) is 11.9 Å². The van der Waals surface area contributed by atoms with Gasteiger partial charge in [-0.3, -0.25) is 28.9 Å². The van der Waals surface area contributed by atoms with Crippen molar-refractivity contribution in [1.82, 2.24) is 29.5 Å². The van der Waals surface area contributed by atoms with Crippen LogP contribution in [0.25, 0.3) is 0 Å². The molecule has 6 aromatic rings. The number of nitrogens with zero attached hydrogens (tertiary/aromatic N) is 6. The first-order valence-corrected chi connectivity index (χ1v) is 17.5. The van der Waals surface area contributed by atoms with Crippen LogP contribution >= 0.6 is 34.8 Å². The van der Waals surface area contributed by atoms with E-state index in [2.05, 4.69) is 25.5 Å². The highest BCUT2D eigenvalue weighted by Crippen LogP contribution is 2.30. The number of benzene rings is 2. The van der Waals surface area contributed by atoms with Crippen LogP contribution in [0.4, 0.5) is 5.69 Å². The van der Waals surface area contributed by atoms with Gasteiger partial charge >= 0.3 is 0 Å². The summed E-state index contributed by atoms with van der Waals surface area (Å²) < 4.78 is 3.38. The topological polar surface area (TPSA) is 148 Å².